The van der Waals surface area contributed by atoms with Crippen LogP contribution in [0.4, 0.5) is 0 Å². The van der Waals surface area contributed by atoms with Crippen molar-refractivity contribution in [3.05, 3.63) is 50.7 Å². The van der Waals surface area contributed by atoms with Crippen molar-refractivity contribution >= 4 is 27.5 Å². The van der Waals surface area contributed by atoms with Crippen LogP contribution in [0.2, 0.25) is 5.02 Å². The molecule has 1 aromatic carbocycles. The van der Waals surface area contributed by atoms with Crippen molar-refractivity contribution in [1.29, 1.82) is 0 Å². The lowest BCUT2D eigenvalue weighted by molar-refractivity contribution is 0.368. The summed E-state index contributed by atoms with van der Waals surface area (Å²) in [7, 11) is 4.09. The SMILES string of the molecule is Cc1cc(Cl)ccc1C(N)c1c(Br)cnn1CCN(C)C. The van der Waals surface area contributed by atoms with Crippen molar-refractivity contribution in [2.75, 3.05) is 20.6 Å². The quantitative estimate of drug-likeness (QED) is 0.878. The highest BCUT2D eigenvalue weighted by Gasteiger charge is 2.20. The molecule has 0 amide bonds. The van der Waals surface area contributed by atoms with Gasteiger partial charge in [0.05, 0.1) is 29.0 Å². The fourth-order valence-electron chi connectivity index (χ4n) is 2.29. The highest BCUT2D eigenvalue weighted by atomic mass is 79.9. The Labute approximate surface area is 139 Å². The molecule has 0 saturated heterocycles. The van der Waals surface area contributed by atoms with E-state index in [1.807, 2.05) is 43.9 Å². The van der Waals surface area contributed by atoms with Crippen molar-refractivity contribution in [3.63, 3.8) is 0 Å². The second-order valence-electron chi connectivity index (χ2n) is 5.38. The molecule has 2 N–H and O–H groups in total. The fourth-order valence-corrected chi connectivity index (χ4v) is 3.06. The zero-order valence-corrected chi connectivity index (χ0v) is 14.8. The zero-order valence-electron chi connectivity index (χ0n) is 12.5. The second-order valence-corrected chi connectivity index (χ2v) is 6.67. The average Bonchev–Trinajstić information content (AvgIpc) is 2.77. The lowest BCUT2D eigenvalue weighted by Crippen LogP contribution is -2.24. The van der Waals surface area contributed by atoms with Crippen LogP contribution in [0.3, 0.4) is 0 Å². The van der Waals surface area contributed by atoms with Crippen LogP contribution in [0.1, 0.15) is 22.9 Å². The molecule has 0 aliphatic rings. The third kappa shape index (κ3) is 3.86. The van der Waals surface area contributed by atoms with Gasteiger partial charge in [-0.1, -0.05) is 17.7 Å². The molecule has 0 aliphatic heterocycles. The van der Waals surface area contributed by atoms with Gasteiger partial charge in [-0.15, -0.1) is 0 Å². The Morgan fingerprint density at radius 3 is 2.76 bits per heavy atom. The highest BCUT2D eigenvalue weighted by Crippen LogP contribution is 2.29. The van der Waals surface area contributed by atoms with Gasteiger partial charge in [0.1, 0.15) is 0 Å². The summed E-state index contributed by atoms with van der Waals surface area (Å²) >= 11 is 9.58. The summed E-state index contributed by atoms with van der Waals surface area (Å²) in [5.41, 5.74) is 9.61. The summed E-state index contributed by atoms with van der Waals surface area (Å²) in [5, 5.41) is 5.14. The monoisotopic (exact) mass is 370 g/mol. The summed E-state index contributed by atoms with van der Waals surface area (Å²) in [6.45, 7) is 3.73. The van der Waals surface area contributed by atoms with Gasteiger partial charge in [0.15, 0.2) is 0 Å². The molecular formula is C15H20BrClN4. The number of aromatic nitrogens is 2. The lowest BCUT2D eigenvalue weighted by atomic mass is 9.99. The number of halogens is 2. The van der Waals surface area contributed by atoms with Gasteiger partial charge in [0.25, 0.3) is 0 Å². The van der Waals surface area contributed by atoms with Crippen LogP contribution in [-0.2, 0) is 6.54 Å². The number of likely N-dealkylation sites (N-methyl/N-ethyl adjacent to an activating group) is 1. The predicted molar refractivity (Wildman–Crippen MR) is 90.7 cm³/mol. The van der Waals surface area contributed by atoms with Gasteiger partial charge in [-0.2, -0.15) is 5.10 Å². The Morgan fingerprint density at radius 1 is 1.43 bits per heavy atom. The number of benzene rings is 1. The smallest absolute Gasteiger partial charge is 0.0739 e. The Balaban J connectivity index is 2.34. The molecule has 0 aliphatic carbocycles. The number of aryl methyl sites for hydroxylation is 1. The molecule has 0 saturated carbocycles. The summed E-state index contributed by atoms with van der Waals surface area (Å²) in [4.78, 5) is 2.12. The van der Waals surface area contributed by atoms with Gasteiger partial charge in [-0.25, -0.2) is 0 Å². The van der Waals surface area contributed by atoms with E-state index in [9.17, 15) is 0 Å². The average molecular weight is 372 g/mol. The molecule has 0 bridgehead atoms. The van der Waals surface area contributed by atoms with E-state index in [4.69, 9.17) is 17.3 Å². The molecule has 2 rings (SSSR count). The third-order valence-corrected chi connectivity index (χ3v) is 4.30. The van der Waals surface area contributed by atoms with E-state index in [2.05, 4.69) is 25.9 Å². The fraction of sp³-hybridized carbons (Fsp3) is 0.400. The molecule has 6 heteroatoms. The summed E-state index contributed by atoms with van der Waals surface area (Å²) in [5.74, 6) is 0. The van der Waals surface area contributed by atoms with Gasteiger partial charge in [0.2, 0.25) is 0 Å². The van der Waals surface area contributed by atoms with Crippen LogP contribution in [0, 0.1) is 6.92 Å². The summed E-state index contributed by atoms with van der Waals surface area (Å²) < 4.78 is 2.89. The minimum absolute atomic E-state index is 0.235. The van der Waals surface area contributed by atoms with Crippen LogP contribution in [-0.4, -0.2) is 35.3 Å². The van der Waals surface area contributed by atoms with E-state index >= 15 is 0 Å². The molecule has 0 fully saturated rings. The van der Waals surface area contributed by atoms with Gasteiger partial charge in [-0.3, -0.25) is 4.68 Å². The van der Waals surface area contributed by atoms with E-state index in [0.717, 1.165) is 39.4 Å². The predicted octanol–water partition coefficient (Wildman–Crippen LogP) is 3.22. The van der Waals surface area contributed by atoms with Crippen LogP contribution in [0.15, 0.2) is 28.9 Å². The van der Waals surface area contributed by atoms with Gasteiger partial charge in [0, 0.05) is 11.6 Å². The number of nitrogens with zero attached hydrogens (tertiary/aromatic N) is 3. The molecule has 4 nitrogen and oxygen atoms in total. The van der Waals surface area contributed by atoms with Crippen molar-refractivity contribution in [2.24, 2.45) is 5.73 Å². The second kappa shape index (κ2) is 6.92. The van der Waals surface area contributed by atoms with Crippen molar-refractivity contribution in [2.45, 2.75) is 19.5 Å². The Bertz CT molecular complexity index is 624. The molecule has 1 heterocycles. The van der Waals surface area contributed by atoms with E-state index < -0.39 is 0 Å². The van der Waals surface area contributed by atoms with Crippen molar-refractivity contribution in [3.8, 4) is 0 Å². The van der Waals surface area contributed by atoms with Gasteiger partial charge in [-0.05, 0) is 60.2 Å². The van der Waals surface area contributed by atoms with Crippen LogP contribution >= 0.6 is 27.5 Å². The number of hydrogen-bond acceptors (Lipinski definition) is 3. The first kappa shape index (κ1) is 16.5. The maximum atomic E-state index is 6.47. The minimum atomic E-state index is -0.235. The number of rotatable bonds is 5. The van der Waals surface area contributed by atoms with Gasteiger partial charge < -0.3 is 10.6 Å². The largest absolute Gasteiger partial charge is 0.319 e. The molecule has 0 spiro atoms. The first-order chi connectivity index (χ1) is 9.90. The normalized spacial score (nSPS) is 12.9. The van der Waals surface area contributed by atoms with Crippen LogP contribution < -0.4 is 5.73 Å². The minimum Gasteiger partial charge on any atom is -0.319 e. The topological polar surface area (TPSA) is 47.1 Å². The first-order valence-electron chi connectivity index (χ1n) is 6.77. The van der Waals surface area contributed by atoms with E-state index in [0.29, 0.717) is 0 Å². The Morgan fingerprint density at radius 2 is 2.14 bits per heavy atom. The Kier molecular flexibility index (Phi) is 5.43. The van der Waals surface area contributed by atoms with Crippen LogP contribution in [0.5, 0.6) is 0 Å². The van der Waals surface area contributed by atoms with E-state index in [-0.39, 0.29) is 6.04 Å². The molecular weight excluding hydrogens is 352 g/mol. The molecule has 1 unspecified atom stereocenters. The lowest BCUT2D eigenvalue weighted by Gasteiger charge is -2.19. The summed E-state index contributed by atoms with van der Waals surface area (Å²) in [6, 6.07) is 5.56. The summed E-state index contributed by atoms with van der Waals surface area (Å²) in [6.07, 6.45) is 1.80. The molecule has 1 aromatic heterocycles. The molecule has 1 atom stereocenters. The standard InChI is InChI=1S/C15H20BrClN4/c1-10-8-11(17)4-5-12(10)14(18)15-13(16)9-19-21(15)7-6-20(2)3/h4-5,8-9,14H,6-7,18H2,1-3H3. The highest BCUT2D eigenvalue weighted by molar-refractivity contribution is 9.10. The van der Waals surface area contributed by atoms with E-state index in [1.54, 1.807) is 6.20 Å². The molecule has 114 valence electrons. The Hall–Kier alpha value is -0.880. The number of hydrogen-bond donors (Lipinski definition) is 1. The van der Waals surface area contributed by atoms with E-state index in [1.165, 1.54) is 0 Å². The maximum Gasteiger partial charge on any atom is 0.0739 e. The molecule has 0 radical (unpaired) electrons. The number of nitrogens with two attached hydrogens (primary N) is 1. The molecule has 21 heavy (non-hydrogen) atoms. The van der Waals surface area contributed by atoms with Crippen molar-refractivity contribution in [1.82, 2.24) is 14.7 Å². The zero-order chi connectivity index (χ0) is 15.6. The van der Waals surface area contributed by atoms with Crippen molar-refractivity contribution < 1.29 is 0 Å². The maximum absolute atomic E-state index is 6.47. The van der Waals surface area contributed by atoms with Crippen LogP contribution in [0.25, 0.3) is 0 Å². The third-order valence-electron chi connectivity index (χ3n) is 3.45. The first-order valence-corrected chi connectivity index (χ1v) is 7.95. The molecule has 2 aromatic rings. The van der Waals surface area contributed by atoms with Gasteiger partial charge >= 0.3 is 0 Å².